The lowest BCUT2D eigenvalue weighted by atomic mass is 10.0. The van der Waals surface area contributed by atoms with Crippen molar-refractivity contribution in [2.75, 3.05) is 20.1 Å². The van der Waals surface area contributed by atoms with E-state index in [1.165, 1.54) is 12.8 Å². The maximum Gasteiger partial charge on any atom is 0.191 e. The third-order valence-electron chi connectivity index (χ3n) is 3.83. The summed E-state index contributed by atoms with van der Waals surface area (Å²) in [5.41, 5.74) is 0. The molecule has 5 nitrogen and oxygen atoms in total. The molecule has 0 atom stereocenters. The molecule has 0 bridgehead atoms. The van der Waals surface area contributed by atoms with Gasteiger partial charge in [0.25, 0.3) is 0 Å². The van der Waals surface area contributed by atoms with Gasteiger partial charge in [0, 0.05) is 32.2 Å². The van der Waals surface area contributed by atoms with E-state index in [1.807, 2.05) is 12.1 Å². The Bertz CT molecular complexity index is 406. The highest BCUT2D eigenvalue weighted by Gasteiger charge is 2.21. The second kappa shape index (κ2) is 7.33. The molecule has 1 fully saturated rings. The Morgan fingerprint density at radius 3 is 2.75 bits per heavy atom. The van der Waals surface area contributed by atoms with Crippen LogP contribution in [0.2, 0.25) is 0 Å². The second-order valence-electron chi connectivity index (χ2n) is 5.55. The van der Waals surface area contributed by atoms with E-state index in [0.717, 1.165) is 24.8 Å². The van der Waals surface area contributed by atoms with E-state index < -0.39 is 0 Å². The summed E-state index contributed by atoms with van der Waals surface area (Å²) >= 11 is 0. The van der Waals surface area contributed by atoms with Crippen LogP contribution in [0.4, 0.5) is 0 Å². The molecule has 0 spiro atoms. The van der Waals surface area contributed by atoms with Crippen LogP contribution in [0, 0.1) is 0 Å². The first-order valence-electron chi connectivity index (χ1n) is 7.42. The van der Waals surface area contributed by atoms with E-state index in [4.69, 9.17) is 4.42 Å². The van der Waals surface area contributed by atoms with Gasteiger partial charge in [0.1, 0.15) is 5.76 Å². The van der Waals surface area contributed by atoms with Crippen molar-refractivity contribution >= 4 is 5.96 Å². The highest BCUT2D eigenvalue weighted by atomic mass is 16.3. The van der Waals surface area contributed by atoms with Crippen molar-refractivity contribution in [1.29, 1.82) is 0 Å². The first-order valence-corrected chi connectivity index (χ1v) is 7.42. The summed E-state index contributed by atoms with van der Waals surface area (Å²) in [7, 11) is 1.81. The van der Waals surface area contributed by atoms with Crippen molar-refractivity contribution in [3.63, 3.8) is 0 Å². The van der Waals surface area contributed by atoms with Gasteiger partial charge in [0.2, 0.25) is 0 Å². The van der Waals surface area contributed by atoms with E-state index in [-0.39, 0.29) is 0 Å². The Morgan fingerprint density at radius 1 is 1.45 bits per heavy atom. The zero-order valence-corrected chi connectivity index (χ0v) is 12.7. The monoisotopic (exact) mass is 278 g/mol. The molecule has 2 rings (SSSR count). The number of furan rings is 1. The van der Waals surface area contributed by atoms with Crippen LogP contribution < -0.4 is 10.6 Å². The lowest BCUT2D eigenvalue weighted by molar-refractivity contribution is 0.167. The normalized spacial score (nSPS) is 18.5. The van der Waals surface area contributed by atoms with Crippen molar-refractivity contribution in [2.45, 2.75) is 45.3 Å². The fourth-order valence-electron chi connectivity index (χ4n) is 2.53. The summed E-state index contributed by atoms with van der Waals surface area (Å²) in [4.78, 5) is 6.80. The van der Waals surface area contributed by atoms with Crippen molar-refractivity contribution in [3.8, 4) is 0 Å². The van der Waals surface area contributed by atoms with Gasteiger partial charge in [-0.2, -0.15) is 0 Å². The van der Waals surface area contributed by atoms with Crippen molar-refractivity contribution in [2.24, 2.45) is 4.99 Å². The zero-order valence-electron chi connectivity index (χ0n) is 12.7. The molecule has 1 aliphatic heterocycles. The molecule has 0 aromatic carbocycles. The van der Waals surface area contributed by atoms with Crippen molar-refractivity contribution < 1.29 is 4.42 Å². The summed E-state index contributed by atoms with van der Waals surface area (Å²) in [6.45, 7) is 7.50. The van der Waals surface area contributed by atoms with Gasteiger partial charge in [-0.1, -0.05) is 0 Å². The maximum atomic E-state index is 5.31. The molecule has 0 radical (unpaired) electrons. The molecular weight excluding hydrogens is 252 g/mol. The molecule has 0 saturated carbocycles. The molecule has 1 aliphatic rings. The number of rotatable bonds is 4. The topological polar surface area (TPSA) is 52.8 Å². The molecule has 1 aromatic rings. The van der Waals surface area contributed by atoms with Gasteiger partial charge in [-0.15, -0.1) is 0 Å². The molecule has 20 heavy (non-hydrogen) atoms. The number of hydrogen-bond acceptors (Lipinski definition) is 3. The Kier molecular flexibility index (Phi) is 5.47. The van der Waals surface area contributed by atoms with E-state index in [0.29, 0.717) is 18.6 Å². The molecule has 2 N–H and O–H groups in total. The van der Waals surface area contributed by atoms with Gasteiger partial charge in [-0.05, 0) is 38.8 Å². The number of nitrogens with one attached hydrogen (secondary N) is 2. The molecule has 0 aliphatic carbocycles. The highest BCUT2D eigenvalue weighted by molar-refractivity contribution is 5.79. The molecule has 1 saturated heterocycles. The quantitative estimate of drug-likeness (QED) is 0.651. The van der Waals surface area contributed by atoms with Crippen LogP contribution in [0.3, 0.4) is 0 Å². The summed E-state index contributed by atoms with van der Waals surface area (Å²) < 4.78 is 5.31. The number of piperidine rings is 1. The minimum atomic E-state index is 0.507. The number of hydrogen-bond donors (Lipinski definition) is 2. The van der Waals surface area contributed by atoms with E-state index in [9.17, 15) is 0 Å². The minimum absolute atomic E-state index is 0.507. The lowest BCUT2D eigenvalue weighted by Crippen LogP contribution is -2.49. The van der Waals surface area contributed by atoms with E-state index in [1.54, 1.807) is 13.3 Å². The molecule has 5 heteroatoms. The summed E-state index contributed by atoms with van der Waals surface area (Å²) in [5.74, 6) is 1.77. The molecular formula is C15H26N4O. The third-order valence-corrected chi connectivity index (χ3v) is 3.83. The van der Waals surface area contributed by atoms with Crippen LogP contribution in [0.25, 0.3) is 0 Å². The van der Waals surface area contributed by atoms with Gasteiger partial charge >= 0.3 is 0 Å². The van der Waals surface area contributed by atoms with Crippen LogP contribution in [0.1, 0.15) is 32.4 Å². The van der Waals surface area contributed by atoms with Crippen LogP contribution >= 0.6 is 0 Å². The first kappa shape index (κ1) is 14.9. The van der Waals surface area contributed by atoms with E-state index >= 15 is 0 Å². The zero-order chi connectivity index (χ0) is 14.4. The van der Waals surface area contributed by atoms with Gasteiger partial charge < -0.3 is 20.0 Å². The third kappa shape index (κ3) is 4.27. The molecule has 0 amide bonds. The van der Waals surface area contributed by atoms with Gasteiger partial charge in [-0.3, -0.25) is 4.99 Å². The Morgan fingerprint density at radius 2 is 2.20 bits per heavy atom. The number of guanidine groups is 1. The maximum absolute atomic E-state index is 5.31. The number of likely N-dealkylation sites (tertiary alicyclic amines) is 1. The second-order valence-corrected chi connectivity index (χ2v) is 5.55. The van der Waals surface area contributed by atoms with Crippen LogP contribution in [0.5, 0.6) is 0 Å². The van der Waals surface area contributed by atoms with Crippen LogP contribution in [-0.4, -0.2) is 43.1 Å². The molecule has 2 heterocycles. The SMILES string of the molecule is CN=C(NCc1ccco1)NC1CCN(C(C)C)CC1. The number of aliphatic imine (C=N–C) groups is 1. The standard InChI is InChI=1S/C15H26N4O/c1-12(2)19-8-6-13(7-9-19)18-15(16-3)17-11-14-5-4-10-20-14/h4-5,10,12-13H,6-9,11H2,1-3H3,(H2,16,17,18). The number of nitrogens with zero attached hydrogens (tertiary/aromatic N) is 2. The Labute approximate surface area is 121 Å². The fourth-order valence-corrected chi connectivity index (χ4v) is 2.53. The summed E-state index contributed by atoms with van der Waals surface area (Å²) in [5, 5.41) is 6.78. The molecule has 112 valence electrons. The average molecular weight is 278 g/mol. The minimum Gasteiger partial charge on any atom is -0.467 e. The largest absolute Gasteiger partial charge is 0.467 e. The predicted octanol–water partition coefficient (Wildman–Crippen LogP) is 1.82. The highest BCUT2D eigenvalue weighted by Crippen LogP contribution is 2.12. The van der Waals surface area contributed by atoms with Gasteiger partial charge in [-0.25, -0.2) is 0 Å². The van der Waals surface area contributed by atoms with Gasteiger partial charge in [0.15, 0.2) is 5.96 Å². The fraction of sp³-hybridized carbons (Fsp3) is 0.667. The Hall–Kier alpha value is -1.49. The van der Waals surface area contributed by atoms with E-state index in [2.05, 4.69) is 34.4 Å². The van der Waals surface area contributed by atoms with Crippen molar-refractivity contribution in [1.82, 2.24) is 15.5 Å². The first-order chi connectivity index (χ1) is 9.69. The van der Waals surface area contributed by atoms with Crippen LogP contribution in [-0.2, 0) is 6.54 Å². The predicted molar refractivity (Wildman–Crippen MR) is 81.8 cm³/mol. The van der Waals surface area contributed by atoms with Crippen LogP contribution in [0.15, 0.2) is 27.8 Å². The molecule has 0 unspecified atom stereocenters. The smallest absolute Gasteiger partial charge is 0.191 e. The lowest BCUT2D eigenvalue weighted by Gasteiger charge is -2.35. The Balaban J connectivity index is 1.74. The summed E-state index contributed by atoms with van der Waals surface area (Å²) in [6.07, 6.45) is 4.02. The average Bonchev–Trinajstić information content (AvgIpc) is 2.97. The summed E-state index contributed by atoms with van der Waals surface area (Å²) in [6, 6.07) is 5.01. The van der Waals surface area contributed by atoms with Crippen molar-refractivity contribution in [3.05, 3.63) is 24.2 Å². The molecule has 1 aromatic heterocycles. The van der Waals surface area contributed by atoms with Gasteiger partial charge in [0.05, 0.1) is 12.8 Å².